The molecule has 0 saturated carbocycles. The van der Waals surface area contributed by atoms with Crippen molar-refractivity contribution < 1.29 is 19.0 Å². The van der Waals surface area contributed by atoms with Crippen LogP contribution in [0.4, 0.5) is 0 Å². The first-order valence-corrected chi connectivity index (χ1v) is 5.80. The Morgan fingerprint density at radius 3 is 2.67 bits per heavy atom. The summed E-state index contributed by atoms with van der Waals surface area (Å²) in [6, 6.07) is 5.29. The highest BCUT2D eigenvalue weighted by Gasteiger charge is 2.10. The van der Waals surface area contributed by atoms with E-state index in [0.29, 0.717) is 18.1 Å². The van der Waals surface area contributed by atoms with E-state index in [0.717, 1.165) is 5.56 Å². The van der Waals surface area contributed by atoms with Gasteiger partial charge in [-0.3, -0.25) is 0 Å². The number of benzene rings is 1. The van der Waals surface area contributed by atoms with Crippen molar-refractivity contribution in [3.05, 3.63) is 23.8 Å². The molecule has 0 aliphatic rings. The van der Waals surface area contributed by atoms with Crippen LogP contribution >= 0.6 is 0 Å². The van der Waals surface area contributed by atoms with Crippen LogP contribution in [0.2, 0.25) is 0 Å². The maximum Gasteiger partial charge on any atom is 0.344 e. The van der Waals surface area contributed by atoms with Crippen molar-refractivity contribution in [2.24, 2.45) is 5.73 Å². The number of hydrogen-bond donors (Lipinski definition) is 1. The predicted octanol–water partition coefficient (Wildman–Crippen LogP) is 1.66. The Kier molecular flexibility index (Phi) is 5.45. The second-order valence-electron chi connectivity index (χ2n) is 3.79. The first-order chi connectivity index (χ1) is 8.58. The monoisotopic (exact) mass is 253 g/mol. The molecule has 18 heavy (non-hydrogen) atoms. The molecule has 0 heterocycles. The van der Waals surface area contributed by atoms with Gasteiger partial charge in [-0.2, -0.15) is 0 Å². The van der Waals surface area contributed by atoms with Gasteiger partial charge in [0.15, 0.2) is 18.1 Å². The minimum atomic E-state index is -0.407. The molecule has 5 nitrogen and oxygen atoms in total. The quantitative estimate of drug-likeness (QED) is 0.781. The van der Waals surface area contributed by atoms with Gasteiger partial charge in [0, 0.05) is 6.04 Å². The second kappa shape index (κ2) is 6.86. The molecule has 100 valence electrons. The zero-order chi connectivity index (χ0) is 13.5. The van der Waals surface area contributed by atoms with Crippen molar-refractivity contribution in [1.82, 2.24) is 0 Å². The Hall–Kier alpha value is -1.75. The summed E-state index contributed by atoms with van der Waals surface area (Å²) in [5, 5.41) is 0. The lowest BCUT2D eigenvalue weighted by Gasteiger charge is -2.13. The van der Waals surface area contributed by atoms with Gasteiger partial charge in [0.25, 0.3) is 0 Å². The fourth-order valence-corrected chi connectivity index (χ4v) is 1.43. The van der Waals surface area contributed by atoms with Gasteiger partial charge in [0.05, 0.1) is 13.7 Å². The topological polar surface area (TPSA) is 70.8 Å². The molecule has 1 atom stereocenters. The number of nitrogens with two attached hydrogens (primary N) is 1. The van der Waals surface area contributed by atoms with Crippen molar-refractivity contribution in [2.45, 2.75) is 19.9 Å². The Bertz CT molecular complexity index is 404. The smallest absolute Gasteiger partial charge is 0.344 e. The van der Waals surface area contributed by atoms with Gasteiger partial charge in [-0.15, -0.1) is 0 Å². The van der Waals surface area contributed by atoms with Crippen LogP contribution in [0.25, 0.3) is 0 Å². The van der Waals surface area contributed by atoms with Crippen molar-refractivity contribution in [3.63, 3.8) is 0 Å². The molecule has 0 spiro atoms. The van der Waals surface area contributed by atoms with Gasteiger partial charge in [-0.25, -0.2) is 4.79 Å². The second-order valence-corrected chi connectivity index (χ2v) is 3.79. The summed E-state index contributed by atoms with van der Waals surface area (Å²) in [6.45, 7) is 3.83. The Morgan fingerprint density at radius 1 is 1.39 bits per heavy atom. The standard InChI is InChI=1S/C13H19NO4/c1-4-17-13(15)8-18-11-6-5-10(9(2)14)7-12(11)16-3/h5-7,9H,4,8,14H2,1-3H3/t9-/m1/s1. The summed E-state index contributed by atoms with van der Waals surface area (Å²) in [4.78, 5) is 11.2. The first kappa shape index (κ1) is 14.3. The molecule has 2 N–H and O–H groups in total. The van der Waals surface area contributed by atoms with E-state index in [2.05, 4.69) is 0 Å². The third-order valence-electron chi connectivity index (χ3n) is 2.36. The Balaban J connectivity index is 2.73. The molecule has 0 unspecified atom stereocenters. The van der Waals surface area contributed by atoms with Crippen molar-refractivity contribution in [2.75, 3.05) is 20.3 Å². The average molecular weight is 253 g/mol. The summed E-state index contributed by atoms with van der Waals surface area (Å²) in [7, 11) is 1.54. The van der Waals surface area contributed by atoms with Gasteiger partial charge < -0.3 is 19.9 Å². The highest BCUT2D eigenvalue weighted by molar-refractivity contribution is 5.71. The number of hydrogen-bond acceptors (Lipinski definition) is 5. The third kappa shape index (κ3) is 3.92. The summed E-state index contributed by atoms with van der Waals surface area (Å²) in [6.07, 6.45) is 0. The van der Waals surface area contributed by atoms with Gasteiger partial charge in [0.1, 0.15) is 0 Å². The van der Waals surface area contributed by atoms with Crippen LogP contribution in [0.1, 0.15) is 25.5 Å². The van der Waals surface area contributed by atoms with E-state index >= 15 is 0 Å². The Morgan fingerprint density at radius 2 is 2.11 bits per heavy atom. The third-order valence-corrected chi connectivity index (χ3v) is 2.36. The fraction of sp³-hybridized carbons (Fsp3) is 0.462. The maximum atomic E-state index is 11.2. The molecule has 1 rings (SSSR count). The summed E-state index contributed by atoms with van der Waals surface area (Å²) < 4.78 is 15.3. The zero-order valence-electron chi connectivity index (χ0n) is 10.9. The van der Waals surface area contributed by atoms with Gasteiger partial charge in [0.2, 0.25) is 0 Å². The van der Waals surface area contributed by atoms with Crippen molar-refractivity contribution >= 4 is 5.97 Å². The van der Waals surface area contributed by atoms with Gasteiger partial charge in [-0.1, -0.05) is 6.07 Å². The van der Waals surface area contributed by atoms with E-state index in [1.54, 1.807) is 19.1 Å². The minimum Gasteiger partial charge on any atom is -0.493 e. The number of carbonyl (C=O) groups excluding carboxylic acids is 1. The first-order valence-electron chi connectivity index (χ1n) is 5.80. The lowest BCUT2D eigenvalue weighted by atomic mass is 10.1. The normalized spacial score (nSPS) is 11.8. The highest BCUT2D eigenvalue weighted by atomic mass is 16.6. The van der Waals surface area contributed by atoms with Crippen molar-refractivity contribution in [1.29, 1.82) is 0 Å². The van der Waals surface area contributed by atoms with E-state index in [1.165, 1.54) is 7.11 Å². The predicted molar refractivity (Wildman–Crippen MR) is 67.7 cm³/mol. The van der Waals surface area contributed by atoms with Crippen LogP contribution < -0.4 is 15.2 Å². The summed E-state index contributed by atoms with van der Waals surface area (Å²) in [5.74, 6) is 0.639. The van der Waals surface area contributed by atoms with E-state index in [9.17, 15) is 4.79 Å². The fourth-order valence-electron chi connectivity index (χ4n) is 1.43. The van der Waals surface area contributed by atoms with E-state index in [-0.39, 0.29) is 12.6 Å². The molecule has 1 aromatic rings. The number of methoxy groups -OCH3 is 1. The summed E-state index contributed by atoms with van der Waals surface area (Å²) >= 11 is 0. The molecule has 1 aromatic carbocycles. The number of rotatable bonds is 6. The van der Waals surface area contributed by atoms with Gasteiger partial charge >= 0.3 is 5.97 Å². The number of esters is 1. The van der Waals surface area contributed by atoms with Gasteiger partial charge in [-0.05, 0) is 31.5 Å². The molecule has 0 amide bonds. The van der Waals surface area contributed by atoms with E-state index in [4.69, 9.17) is 19.9 Å². The van der Waals surface area contributed by atoms with Crippen LogP contribution in [0.15, 0.2) is 18.2 Å². The minimum absolute atomic E-state index is 0.0852. The zero-order valence-corrected chi connectivity index (χ0v) is 10.9. The molecular formula is C13H19NO4. The Labute approximate surface area is 107 Å². The van der Waals surface area contributed by atoms with E-state index < -0.39 is 5.97 Å². The lowest BCUT2D eigenvalue weighted by molar-refractivity contribution is -0.145. The largest absolute Gasteiger partial charge is 0.493 e. The molecule has 0 bridgehead atoms. The molecule has 0 fully saturated rings. The van der Waals surface area contributed by atoms with Crippen LogP contribution in [-0.2, 0) is 9.53 Å². The van der Waals surface area contributed by atoms with Crippen LogP contribution in [-0.4, -0.2) is 26.3 Å². The molecule has 5 heteroatoms. The molecule has 0 aliphatic heterocycles. The number of ether oxygens (including phenoxy) is 3. The molecule has 0 saturated heterocycles. The highest BCUT2D eigenvalue weighted by Crippen LogP contribution is 2.29. The van der Waals surface area contributed by atoms with Crippen LogP contribution in [0, 0.1) is 0 Å². The maximum absolute atomic E-state index is 11.2. The van der Waals surface area contributed by atoms with Crippen LogP contribution in [0.5, 0.6) is 11.5 Å². The van der Waals surface area contributed by atoms with Crippen LogP contribution in [0.3, 0.4) is 0 Å². The average Bonchev–Trinajstić information content (AvgIpc) is 2.36. The lowest BCUT2D eigenvalue weighted by Crippen LogP contribution is -2.15. The van der Waals surface area contributed by atoms with E-state index in [1.807, 2.05) is 13.0 Å². The molecule has 0 aliphatic carbocycles. The molecule has 0 aromatic heterocycles. The summed E-state index contributed by atoms with van der Waals surface area (Å²) in [5.41, 5.74) is 6.72. The number of carbonyl (C=O) groups is 1. The SMILES string of the molecule is CCOC(=O)COc1ccc([C@@H](C)N)cc1OC. The molecular weight excluding hydrogens is 234 g/mol. The molecule has 0 radical (unpaired) electrons. The van der Waals surface area contributed by atoms with Crippen molar-refractivity contribution in [3.8, 4) is 11.5 Å².